The number of aryl methyl sites for hydroxylation is 2. The van der Waals surface area contributed by atoms with Crippen LogP contribution >= 0.6 is 11.8 Å². The zero-order valence-electron chi connectivity index (χ0n) is 16.9. The summed E-state index contributed by atoms with van der Waals surface area (Å²) in [4.78, 5) is 21.1. The first kappa shape index (κ1) is 19.9. The molecule has 0 atom stereocenters. The van der Waals surface area contributed by atoms with Gasteiger partial charge in [-0.1, -0.05) is 17.8 Å². The summed E-state index contributed by atoms with van der Waals surface area (Å²) in [6, 6.07) is 13.6. The van der Waals surface area contributed by atoms with E-state index < -0.39 is 0 Å². The van der Waals surface area contributed by atoms with Crippen molar-refractivity contribution in [3.8, 4) is 11.4 Å². The predicted octanol–water partition coefficient (Wildman–Crippen LogP) is 4.17. The fourth-order valence-corrected chi connectivity index (χ4v) is 3.99. The van der Waals surface area contributed by atoms with Gasteiger partial charge in [0.1, 0.15) is 17.1 Å². The number of nitrogens with zero attached hydrogens (tertiary/aromatic N) is 4. The van der Waals surface area contributed by atoms with Crippen LogP contribution in [0.15, 0.2) is 60.0 Å². The first-order valence-electron chi connectivity index (χ1n) is 9.37. The van der Waals surface area contributed by atoms with Gasteiger partial charge >= 0.3 is 0 Å². The van der Waals surface area contributed by atoms with Gasteiger partial charge in [0.2, 0.25) is 5.91 Å². The molecule has 2 heterocycles. The topological polar surface area (TPSA) is 81.9 Å². The number of aromatic nitrogens is 4. The SMILES string of the molecule is COc1ccc(-n2ncc3c(SCC(=O)Nc4cc(C)cc(C)c4)ncnc32)cc1. The fourth-order valence-electron chi connectivity index (χ4n) is 3.23. The highest BCUT2D eigenvalue weighted by Gasteiger charge is 2.13. The molecule has 2 aromatic heterocycles. The summed E-state index contributed by atoms with van der Waals surface area (Å²) in [5.41, 5.74) is 4.58. The molecule has 0 saturated heterocycles. The van der Waals surface area contributed by atoms with Crippen LogP contribution in [0.5, 0.6) is 5.75 Å². The second-order valence-electron chi connectivity index (χ2n) is 6.88. The molecular weight excluding hydrogens is 398 g/mol. The lowest BCUT2D eigenvalue weighted by Gasteiger charge is -2.08. The van der Waals surface area contributed by atoms with Crippen LogP contribution in [-0.2, 0) is 4.79 Å². The molecule has 7 nitrogen and oxygen atoms in total. The summed E-state index contributed by atoms with van der Waals surface area (Å²) in [6.45, 7) is 4.02. The number of hydrogen-bond acceptors (Lipinski definition) is 6. The molecule has 8 heteroatoms. The molecule has 0 aliphatic heterocycles. The van der Waals surface area contributed by atoms with Gasteiger partial charge in [-0.25, -0.2) is 14.6 Å². The van der Waals surface area contributed by atoms with Gasteiger partial charge in [0.15, 0.2) is 5.65 Å². The molecule has 0 spiro atoms. The Bertz CT molecular complexity index is 1180. The number of methoxy groups -OCH3 is 1. The highest BCUT2D eigenvalue weighted by Crippen LogP contribution is 2.26. The van der Waals surface area contributed by atoms with E-state index in [2.05, 4.69) is 26.4 Å². The Morgan fingerprint density at radius 1 is 1.10 bits per heavy atom. The van der Waals surface area contributed by atoms with E-state index in [4.69, 9.17) is 4.74 Å². The number of benzene rings is 2. The van der Waals surface area contributed by atoms with Crippen molar-refractivity contribution in [2.45, 2.75) is 18.9 Å². The highest BCUT2D eigenvalue weighted by atomic mass is 32.2. The maximum atomic E-state index is 12.4. The lowest BCUT2D eigenvalue weighted by atomic mass is 10.1. The Labute approximate surface area is 178 Å². The van der Waals surface area contributed by atoms with Gasteiger partial charge in [0.05, 0.1) is 30.1 Å². The van der Waals surface area contributed by atoms with Crippen molar-refractivity contribution in [3.63, 3.8) is 0 Å². The van der Waals surface area contributed by atoms with Crippen molar-refractivity contribution in [2.24, 2.45) is 0 Å². The van der Waals surface area contributed by atoms with E-state index in [1.807, 2.05) is 50.2 Å². The molecule has 0 radical (unpaired) electrons. The Morgan fingerprint density at radius 3 is 2.53 bits per heavy atom. The molecule has 2 aromatic carbocycles. The third-order valence-electron chi connectivity index (χ3n) is 4.49. The van der Waals surface area contributed by atoms with E-state index >= 15 is 0 Å². The third kappa shape index (κ3) is 4.28. The molecule has 4 rings (SSSR count). The number of carbonyl (C=O) groups excluding carboxylic acids is 1. The van der Waals surface area contributed by atoms with Crippen molar-refractivity contribution in [1.29, 1.82) is 0 Å². The Hall–Kier alpha value is -3.39. The van der Waals surface area contributed by atoms with Crippen LogP contribution in [0.1, 0.15) is 11.1 Å². The molecule has 0 fully saturated rings. The smallest absolute Gasteiger partial charge is 0.234 e. The van der Waals surface area contributed by atoms with E-state index in [1.165, 1.54) is 18.1 Å². The van der Waals surface area contributed by atoms with Crippen LogP contribution < -0.4 is 10.1 Å². The summed E-state index contributed by atoms with van der Waals surface area (Å²) in [5, 5.41) is 8.92. The second kappa shape index (κ2) is 8.54. The first-order valence-corrected chi connectivity index (χ1v) is 10.4. The minimum absolute atomic E-state index is 0.0840. The quantitative estimate of drug-likeness (QED) is 0.373. The molecule has 30 heavy (non-hydrogen) atoms. The largest absolute Gasteiger partial charge is 0.497 e. The van der Waals surface area contributed by atoms with Crippen molar-refractivity contribution < 1.29 is 9.53 Å². The summed E-state index contributed by atoms with van der Waals surface area (Å²) in [5.74, 6) is 0.933. The van der Waals surface area contributed by atoms with Gasteiger partial charge in [-0.3, -0.25) is 4.79 Å². The number of nitrogens with one attached hydrogen (secondary N) is 1. The summed E-state index contributed by atoms with van der Waals surface area (Å²) >= 11 is 1.36. The number of ether oxygens (including phenoxy) is 1. The fraction of sp³-hybridized carbons (Fsp3) is 0.182. The highest BCUT2D eigenvalue weighted by molar-refractivity contribution is 8.00. The molecule has 0 bridgehead atoms. The number of carbonyl (C=O) groups is 1. The number of rotatable bonds is 6. The van der Waals surface area contributed by atoms with Crippen molar-refractivity contribution in [2.75, 3.05) is 18.2 Å². The van der Waals surface area contributed by atoms with E-state index in [-0.39, 0.29) is 11.7 Å². The zero-order valence-corrected chi connectivity index (χ0v) is 17.7. The van der Waals surface area contributed by atoms with Crippen molar-refractivity contribution in [3.05, 3.63) is 66.1 Å². The molecule has 0 aliphatic rings. The molecule has 152 valence electrons. The summed E-state index contributed by atoms with van der Waals surface area (Å²) in [7, 11) is 1.63. The third-order valence-corrected chi connectivity index (χ3v) is 5.50. The molecule has 4 aromatic rings. The van der Waals surface area contributed by atoms with Crippen LogP contribution in [-0.4, -0.2) is 38.5 Å². The van der Waals surface area contributed by atoms with Crippen LogP contribution in [0, 0.1) is 13.8 Å². The van der Waals surface area contributed by atoms with E-state index in [0.29, 0.717) is 5.65 Å². The monoisotopic (exact) mass is 419 g/mol. The first-order chi connectivity index (χ1) is 14.5. The standard InChI is InChI=1S/C22H21N5O2S/c1-14-8-15(2)10-16(9-14)26-20(28)12-30-22-19-11-25-27(21(19)23-13-24-22)17-4-6-18(29-3)7-5-17/h4-11,13H,12H2,1-3H3,(H,26,28). The van der Waals surface area contributed by atoms with Crippen LogP contribution in [0.4, 0.5) is 5.69 Å². The van der Waals surface area contributed by atoms with Crippen LogP contribution in [0.25, 0.3) is 16.7 Å². The lowest BCUT2D eigenvalue weighted by Crippen LogP contribution is -2.14. The number of fused-ring (bicyclic) bond motifs is 1. The van der Waals surface area contributed by atoms with E-state index in [9.17, 15) is 4.79 Å². The minimum Gasteiger partial charge on any atom is -0.497 e. The van der Waals surface area contributed by atoms with E-state index in [1.54, 1.807) is 18.0 Å². The zero-order chi connectivity index (χ0) is 21.1. The molecule has 1 N–H and O–H groups in total. The predicted molar refractivity (Wildman–Crippen MR) is 118 cm³/mol. The molecule has 0 unspecified atom stereocenters. The average Bonchev–Trinajstić information content (AvgIpc) is 3.16. The lowest BCUT2D eigenvalue weighted by molar-refractivity contribution is -0.113. The molecule has 0 aliphatic carbocycles. The Balaban J connectivity index is 1.50. The Morgan fingerprint density at radius 2 is 1.83 bits per heavy atom. The number of amides is 1. The molecular formula is C22H21N5O2S. The number of anilines is 1. The minimum atomic E-state index is -0.0840. The van der Waals surface area contributed by atoms with Crippen molar-refractivity contribution in [1.82, 2.24) is 19.7 Å². The van der Waals surface area contributed by atoms with Gasteiger partial charge in [0, 0.05) is 5.69 Å². The number of hydrogen-bond donors (Lipinski definition) is 1. The summed E-state index contributed by atoms with van der Waals surface area (Å²) < 4.78 is 6.95. The van der Waals surface area contributed by atoms with Gasteiger partial charge in [-0.05, 0) is 61.4 Å². The van der Waals surface area contributed by atoms with Crippen molar-refractivity contribution >= 4 is 34.4 Å². The maximum Gasteiger partial charge on any atom is 0.234 e. The number of thioether (sulfide) groups is 1. The van der Waals surface area contributed by atoms with Gasteiger partial charge in [0.25, 0.3) is 0 Å². The van der Waals surface area contributed by atoms with Crippen LogP contribution in [0.2, 0.25) is 0 Å². The van der Waals surface area contributed by atoms with Gasteiger partial charge in [-0.15, -0.1) is 0 Å². The normalized spacial score (nSPS) is 10.9. The Kier molecular flexibility index (Phi) is 5.67. The maximum absolute atomic E-state index is 12.4. The van der Waals surface area contributed by atoms with Gasteiger partial charge < -0.3 is 10.1 Å². The summed E-state index contributed by atoms with van der Waals surface area (Å²) in [6.07, 6.45) is 3.22. The second-order valence-corrected chi connectivity index (χ2v) is 7.85. The van der Waals surface area contributed by atoms with Gasteiger partial charge in [-0.2, -0.15) is 5.10 Å². The molecule has 1 amide bonds. The average molecular weight is 420 g/mol. The molecule has 0 saturated carbocycles. The van der Waals surface area contributed by atoms with E-state index in [0.717, 1.165) is 38.7 Å². The van der Waals surface area contributed by atoms with Crippen LogP contribution in [0.3, 0.4) is 0 Å².